The molecule has 0 bridgehead atoms. The molecule has 2 rings (SSSR count). The summed E-state index contributed by atoms with van der Waals surface area (Å²) in [5.74, 6) is 1.60. The van der Waals surface area contributed by atoms with E-state index < -0.39 is 0 Å². The molecule has 0 aromatic heterocycles. The highest BCUT2D eigenvalue weighted by molar-refractivity contribution is 5.78. The Kier molecular flexibility index (Phi) is 6.25. The van der Waals surface area contributed by atoms with Crippen LogP contribution in [0.2, 0.25) is 0 Å². The monoisotopic (exact) mass is 304 g/mol. The molecule has 1 heterocycles. The summed E-state index contributed by atoms with van der Waals surface area (Å²) >= 11 is 0. The van der Waals surface area contributed by atoms with Crippen molar-refractivity contribution in [1.29, 1.82) is 0 Å². The van der Waals surface area contributed by atoms with Crippen molar-refractivity contribution in [3.63, 3.8) is 0 Å². The van der Waals surface area contributed by atoms with Crippen LogP contribution in [0.1, 0.15) is 26.3 Å². The van der Waals surface area contributed by atoms with E-state index in [1.807, 2.05) is 29.2 Å². The Bertz CT molecular complexity index is 480. The molecule has 0 atom stereocenters. The van der Waals surface area contributed by atoms with E-state index in [0.29, 0.717) is 5.92 Å². The Morgan fingerprint density at radius 1 is 1.18 bits per heavy atom. The number of rotatable bonds is 6. The van der Waals surface area contributed by atoms with Gasteiger partial charge in [-0.25, -0.2) is 0 Å². The first-order valence-corrected chi connectivity index (χ1v) is 8.31. The third-order valence-corrected chi connectivity index (χ3v) is 4.05. The summed E-state index contributed by atoms with van der Waals surface area (Å²) in [6.07, 6.45) is 0.915. The van der Waals surface area contributed by atoms with Crippen LogP contribution >= 0.6 is 0 Å². The lowest BCUT2D eigenvalue weighted by atomic mass is 10.1. The fourth-order valence-corrected chi connectivity index (χ4v) is 2.86. The third-order valence-electron chi connectivity index (χ3n) is 4.05. The van der Waals surface area contributed by atoms with Crippen LogP contribution in [0.3, 0.4) is 0 Å². The minimum Gasteiger partial charge on any atom is -0.483 e. The summed E-state index contributed by atoms with van der Waals surface area (Å²) in [6, 6.07) is 7.93. The van der Waals surface area contributed by atoms with Gasteiger partial charge in [0.05, 0.1) is 0 Å². The van der Waals surface area contributed by atoms with Crippen molar-refractivity contribution < 1.29 is 9.53 Å². The molecule has 0 saturated carbocycles. The Labute approximate surface area is 134 Å². The van der Waals surface area contributed by atoms with Gasteiger partial charge in [-0.2, -0.15) is 0 Å². The molecule has 4 nitrogen and oxygen atoms in total. The number of amides is 1. The van der Waals surface area contributed by atoms with E-state index >= 15 is 0 Å². The van der Waals surface area contributed by atoms with Crippen molar-refractivity contribution in [1.82, 2.24) is 9.80 Å². The summed E-state index contributed by atoms with van der Waals surface area (Å²) < 4.78 is 5.73. The van der Waals surface area contributed by atoms with Crippen molar-refractivity contribution in [2.75, 3.05) is 39.3 Å². The fourth-order valence-electron chi connectivity index (χ4n) is 2.86. The van der Waals surface area contributed by atoms with Crippen LogP contribution in [0.5, 0.6) is 5.75 Å². The number of hydrogen-bond donors (Lipinski definition) is 0. The zero-order valence-electron chi connectivity index (χ0n) is 14.0. The summed E-state index contributed by atoms with van der Waals surface area (Å²) in [5, 5.41) is 0. The van der Waals surface area contributed by atoms with Crippen LogP contribution in [-0.2, 0) is 11.2 Å². The van der Waals surface area contributed by atoms with Crippen LogP contribution in [0.15, 0.2) is 24.3 Å². The van der Waals surface area contributed by atoms with E-state index in [4.69, 9.17) is 4.74 Å². The van der Waals surface area contributed by atoms with Gasteiger partial charge in [-0.3, -0.25) is 9.69 Å². The Hall–Kier alpha value is -1.55. The molecule has 22 heavy (non-hydrogen) atoms. The number of hydrogen-bond acceptors (Lipinski definition) is 3. The second-order valence-electron chi connectivity index (χ2n) is 6.33. The lowest BCUT2D eigenvalue weighted by Crippen LogP contribution is -2.50. The SMILES string of the molecule is CCc1ccccc1OCC(=O)N1CCN(CC(C)C)CC1. The quantitative estimate of drug-likeness (QED) is 0.809. The van der Waals surface area contributed by atoms with E-state index in [2.05, 4.69) is 25.7 Å². The van der Waals surface area contributed by atoms with Crippen molar-refractivity contribution in [3.8, 4) is 5.75 Å². The smallest absolute Gasteiger partial charge is 0.260 e. The van der Waals surface area contributed by atoms with Gasteiger partial charge >= 0.3 is 0 Å². The number of aryl methyl sites for hydroxylation is 1. The van der Waals surface area contributed by atoms with Gasteiger partial charge in [-0.05, 0) is 24.0 Å². The maximum Gasteiger partial charge on any atom is 0.260 e. The molecule has 1 aromatic rings. The van der Waals surface area contributed by atoms with Gasteiger partial charge < -0.3 is 9.64 Å². The first kappa shape index (κ1) is 16.8. The van der Waals surface area contributed by atoms with Crippen molar-refractivity contribution in [3.05, 3.63) is 29.8 Å². The van der Waals surface area contributed by atoms with Crippen LogP contribution in [-0.4, -0.2) is 55.0 Å². The molecule has 1 aliphatic rings. The van der Waals surface area contributed by atoms with E-state index in [-0.39, 0.29) is 12.5 Å². The zero-order valence-corrected chi connectivity index (χ0v) is 14.0. The van der Waals surface area contributed by atoms with Gasteiger partial charge in [0.15, 0.2) is 6.61 Å². The number of nitrogens with zero attached hydrogens (tertiary/aromatic N) is 2. The largest absolute Gasteiger partial charge is 0.483 e. The summed E-state index contributed by atoms with van der Waals surface area (Å²) in [4.78, 5) is 16.6. The third kappa shape index (κ3) is 4.73. The lowest BCUT2D eigenvalue weighted by molar-refractivity contribution is -0.135. The van der Waals surface area contributed by atoms with E-state index in [0.717, 1.165) is 50.5 Å². The average molecular weight is 304 g/mol. The standard InChI is InChI=1S/C18H28N2O2/c1-4-16-7-5-6-8-17(16)22-14-18(21)20-11-9-19(10-12-20)13-15(2)3/h5-8,15H,4,9-14H2,1-3H3. The molecule has 0 N–H and O–H groups in total. The van der Waals surface area contributed by atoms with Gasteiger partial charge in [0.2, 0.25) is 0 Å². The molecule has 1 aromatic carbocycles. The predicted molar refractivity (Wildman–Crippen MR) is 89.2 cm³/mol. The van der Waals surface area contributed by atoms with Gasteiger partial charge in [0.1, 0.15) is 5.75 Å². The van der Waals surface area contributed by atoms with Crippen LogP contribution in [0, 0.1) is 5.92 Å². The highest BCUT2D eigenvalue weighted by Gasteiger charge is 2.21. The molecule has 122 valence electrons. The van der Waals surface area contributed by atoms with Gasteiger partial charge in [-0.15, -0.1) is 0 Å². The van der Waals surface area contributed by atoms with Crippen molar-refractivity contribution in [2.24, 2.45) is 5.92 Å². The molecule has 0 unspecified atom stereocenters. The zero-order chi connectivity index (χ0) is 15.9. The van der Waals surface area contributed by atoms with E-state index in [9.17, 15) is 4.79 Å². The van der Waals surface area contributed by atoms with Crippen LogP contribution in [0.25, 0.3) is 0 Å². The summed E-state index contributed by atoms with van der Waals surface area (Å²) in [7, 11) is 0. The van der Waals surface area contributed by atoms with Crippen LogP contribution in [0.4, 0.5) is 0 Å². The first-order valence-electron chi connectivity index (χ1n) is 8.31. The van der Waals surface area contributed by atoms with Crippen molar-refractivity contribution >= 4 is 5.91 Å². The van der Waals surface area contributed by atoms with E-state index in [1.54, 1.807) is 0 Å². The minimum absolute atomic E-state index is 0.0927. The fraction of sp³-hybridized carbons (Fsp3) is 0.611. The second kappa shape index (κ2) is 8.18. The normalized spacial score (nSPS) is 16.1. The van der Waals surface area contributed by atoms with Crippen molar-refractivity contribution in [2.45, 2.75) is 27.2 Å². The maximum atomic E-state index is 12.3. The Morgan fingerprint density at radius 2 is 1.86 bits per heavy atom. The molecule has 4 heteroatoms. The molecule has 1 saturated heterocycles. The first-order chi connectivity index (χ1) is 10.6. The molecular formula is C18H28N2O2. The number of ether oxygens (including phenoxy) is 1. The van der Waals surface area contributed by atoms with Crippen LogP contribution < -0.4 is 4.74 Å². The topological polar surface area (TPSA) is 32.8 Å². The highest BCUT2D eigenvalue weighted by atomic mass is 16.5. The Morgan fingerprint density at radius 3 is 2.50 bits per heavy atom. The summed E-state index contributed by atoms with van der Waals surface area (Å²) in [6.45, 7) is 11.4. The highest BCUT2D eigenvalue weighted by Crippen LogP contribution is 2.18. The predicted octanol–water partition coefficient (Wildman–Crippen LogP) is 2.43. The number of piperazine rings is 1. The molecule has 1 amide bonds. The number of benzene rings is 1. The molecule has 0 aliphatic carbocycles. The Balaban J connectivity index is 1.79. The second-order valence-corrected chi connectivity index (χ2v) is 6.33. The van der Waals surface area contributed by atoms with E-state index in [1.165, 1.54) is 0 Å². The summed E-state index contributed by atoms with van der Waals surface area (Å²) in [5.41, 5.74) is 1.15. The molecule has 1 fully saturated rings. The number of carbonyl (C=O) groups excluding carboxylic acids is 1. The van der Waals surface area contributed by atoms with Gasteiger partial charge in [0, 0.05) is 32.7 Å². The molecule has 0 radical (unpaired) electrons. The number of carbonyl (C=O) groups is 1. The molecule has 1 aliphatic heterocycles. The average Bonchev–Trinajstić information content (AvgIpc) is 2.53. The lowest BCUT2D eigenvalue weighted by Gasteiger charge is -2.35. The molecule has 0 spiro atoms. The number of para-hydroxylation sites is 1. The minimum atomic E-state index is 0.0927. The maximum absolute atomic E-state index is 12.3. The van der Waals surface area contributed by atoms with Gasteiger partial charge in [-0.1, -0.05) is 39.0 Å². The van der Waals surface area contributed by atoms with Gasteiger partial charge in [0.25, 0.3) is 5.91 Å². The molecular weight excluding hydrogens is 276 g/mol.